The van der Waals surface area contributed by atoms with Gasteiger partial charge in [0.25, 0.3) is 0 Å². The Morgan fingerprint density at radius 1 is 0.915 bits per heavy atom. The lowest BCUT2D eigenvalue weighted by atomic mass is 9.79. The third kappa shape index (κ3) is 16.9. The molecule has 71 heavy (non-hydrogen) atoms. The number of aliphatic hydroxyl groups is 3. The molecule has 0 radical (unpaired) electrons. The topological polar surface area (TPSA) is 242 Å². The molecule has 3 saturated heterocycles. The third-order valence-electron chi connectivity index (χ3n) is 14.2. The smallest absolute Gasteiger partial charge is 0.309 e. The Morgan fingerprint density at radius 2 is 1.59 bits per heavy atom. The number of carbonyl (C=O) groups excluding carboxylic acids is 5. The number of ketones is 1. The minimum absolute atomic E-state index is 0.0457. The maximum absolute atomic E-state index is 14.1. The molecule has 4 aliphatic heterocycles. The monoisotopic (exact) mass is 1010 g/mol. The number of likely N-dealkylation sites (N-methyl/N-ethyl adjacent to an activating group) is 1. The molecule has 0 aliphatic carbocycles. The molecule has 0 aromatic rings. The molecule has 4 aliphatic rings. The molecule has 3 N–H and O–H groups in total. The number of nitrogens with zero attached hydrogens (tertiary/aromatic N) is 1. The number of methoxy groups -OCH3 is 1. The van der Waals surface area contributed by atoms with Gasteiger partial charge in [-0.05, 0) is 79.5 Å². The number of allylic oxidation sites excluding steroid dienone is 3. The van der Waals surface area contributed by atoms with Gasteiger partial charge in [-0.1, -0.05) is 52.3 Å². The molecule has 20 unspecified atom stereocenters. The van der Waals surface area contributed by atoms with E-state index >= 15 is 0 Å². The van der Waals surface area contributed by atoms with Crippen LogP contribution >= 0.6 is 0 Å². The van der Waals surface area contributed by atoms with E-state index in [1.165, 1.54) is 20.1 Å². The molecule has 0 saturated carbocycles. The molecule has 19 heteroatoms. The lowest BCUT2D eigenvalue weighted by Gasteiger charge is -2.50. The highest BCUT2D eigenvalue weighted by Crippen LogP contribution is 2.39. The Labute approximate surface area is 420 Å². The molecule has 20 atom stereocenters. The minimum Gasteiger partial charge on any atom is -0.462 e. The molecule has 19 nitrogen and oxygen atoms in total. The number of aliphatic hydroxyl groups excluding tert-OH is 2. The van der Waals surface area contributed by atoms with Gasteiger partial charge >= 0.3 is 17.9 Å². The predicted octanol–water partition coefficient (Wildman–Crippen LogP) is 4.38. The van der Waals surface area contributed by atoms with Crippen molar-refractivity contribution in [2.45, 2.75) is 219 Å². The highest BCUT2D eigenvalue weighted by Gasteiger charge is 2.53. The molecule has 0 aromatic heterocycles. The number of hydrogen-bond donors (Lipinski definition) is 3. The van der Waals surface area contributed by atoms with Gasteiger partial charge in [0.15, 0.2) is 30.8 Å². The van der Waals surface area contributed by atoms with E-state index < -0.39 is 146 Å². The van der Waals surface area contributed by atoms with Gasteiger partial charge < -0.3 is 72.4 Å². The average Bonchev–Trinajstić information content (AvgIpc) is 3.27. The fraction of sp³-hybridized carbons (Fsp3) is 0.827. The number of carbonyl (C=O) groups is 5. The second kappa shape index (κ2) is 27.4. The van der Waals surface area contributed by atoms with E-state index in [0.29, 0.717) is 12.0 Å². The number of cyclic esters (lactones) is 1. The van der Waals surface area contributed by atoms with Crippen molar-refractivity contribution in [3.63, 3.8) is 0 Å². The summed E-state index contributed by atoms with van der Waals surface area (Å²) in [5.41, 5.74) is -0.830. The number of ether oxygens (including phenoxy) is 10. The van der Waals surface area contributed by atoms with Crippen LogP contribution < -0.4 is 0 Å². The molecule has 0 spiro atoms. The number of hydrogen-bond acceptors (Lipinski definition) is 19. The highest BCUT2D eigenvalue weighted by molar-refractivity contribution is 5.91. The lowest BCUT2D eigenvalue weighted by molar-refractivity contribution is -0.342. The van der Waals surface area contributed by atoms with E-state index in [-0.39, 0.29) is 50.4 Å². The maximum atomic E-state index is 14.1. The number of rotatable bonds is 16. The van der Waals surface area contributed by atoms with Crippen LogP contribution in [0.25, 0.3) is 0 Å². The standard InChI is InChI=1S/C52H85NO18/c1-15-38-36(26-63-43-24-40(62-14)46(59)31(7)64-43)21-28(4)16-17-37(56)29(5)22-35(18-19-54)48(30(6)39(67-34(10)55)23-42(58)68-38)71-51-47(60)45(53(12)13)49(32(8)66-51)70-44-25-52(11,61)50(33(9)65-44)69-41(57)20-27(2)3/h16-17,19,21,27,29-33,35-36,38-40,43-51,59-61H,15,18,20,22-26H2,1-14H3. The summed E-state index contributed by atoms with van der Waals surface area (Å²) < 4.78 is 61.3. The Balaban J connectivity index is 1.65. The summed E-state index contributed by atoms with van der Waals surface area (Å²) in [5, 5.41) is 34.3. The Bertz CT molecular complexity index is 1800. The summed E-state index contributed by atoms with van der Waals surface area (Å²) in [5.74, 6) is -4.70. The first-order chi connectivity index (χ1) is 33.3. The van der Waals surface area contributed by atoms with Crippen molar-refractivity contribution in [2.24, 2.45) is 29.6 Å². The first-order valence-corrected chi connectivity index (χ1v) is 25.4. The Kier molecular flexibility index (Phi) is 23.3. The quantitative estimate of drug-likeness (QED) is 0.110. The van der Waals surface area contributed by atoms with Crippen molar-refractivity contribution in [1.29, 1.82) is 0 Å². The van der Waals surface area contributed by atoms with Crippen LogP contribution in [0.3, 0.4) is 0 Å². The van der Waals surface area contributed by atoms with Gasteiger partial charge in [-0.3, -0.25) is 19.2 Å². The van der Waals surface area contributed by atoms with E-state index in [4.69, 9.17) is 47.4 Å². The van der Waals surface area contributed by atoms with Gasteiger partial charge in [-0.2, -0.15) is 0 Å². The van der Waals surface area contributed by atoms with Gasteiger partial charge in [0.1, 0.15) is 42.4 Å². The van der Waals surface area contributed by atoms with E-state index in [2.05, 4.69) is 0 Å². The van der Waals surface area contributed by atoms with Crippen molar-refractivity contribution in [2.75, 3.05) is 27.8 Å². The zero-order chi connectivity index (χ0) is 53.1. The summed E-state index contributed by atoms with van der Waals surface area (Å²) >= 11 is 0. The van der Waals surface area contributed by atoms with Crippen molar-refractivity contribution >= 4 is 30.0 Å². The lowest BCUT2D eigenvalue weighted by Crippen LogP contribution is -2.65. The Morgan fingerprint density at radius 3 is 2.18 bits per heavy atom. The van der Waals surface area contributed by atoms with Crippen LogP contribution in [0.1, 0.15) is 121 Å². The van der Waals surface area contributed by atoms with Crippen molar-refractivity contribution in [3.8, 4) is 0 Å². The maximum Gasteiger partial charge on any atom is 0.309 e. The van der Waals surface area contributed by atoms with Gasteiger partial charge in [-0.15, -0.1) is 0 Å². The summed E-state index contributed by atoms with van der Waals surface area (Å²) in [6.45, 7) is 18.9. The number of aldehydes is 1. The van der Waals surface area contributed by atoms with Crippen LogP contribution in [0.4, 0.5) is 0 Å². The number of esters is 3. The fourth-order valence-electron chi connectivity index (χ4n) is 10.3. The largest absolute Gasteiger partial charge is 0.462 e. The zero-order valence-electron chi connectivity index (χ0n) is 44.4. The summed E-state index contributed by atoms with van der Waals surface area (Å²) in [6, 6.07) is -0.801. The average molecular weight is 1010 g/mol. The van der Waals surface area contributed by atoms with Crippen LogP contribution in [-0.2, 0) is 71.3 Å². The fourth-order valence-corrected chi connectivity index (χ4v) is 10.3. The summed E-state index contributed by atoms with van der Waals surface area (Å²) in [7, 11) is 5.01. The van der Waals surface area contributed by atoms with Crippen molar-refractivity contribution in [1.82, 2.24) is 4.90 Å². The van der Waals surface area contributed by atoms with Crippen molar-refractivity contribution in [3.05, 3.63) is 23.8 Å². The molecular weight excluding hydrogens is 927 g/mol. The molecule has 3 fully saturated rings. The molecule has 4 rings (SSSR count). The molecule has 0 amide bonds. The minimum atomic E-state index is -1.52. The van der Waals surface area contributed by atoms with Crippen LogP contribution in [0, 0.1) is 29.6 Å². The van der Waals surface area contributed by atoms with Gasteiger partial charge in [0.05, 0.1) is 49.6 Å². The highest BCUT2D eigenvalue weighted by atomic mass is 16.7. The van der Waals surface area contributed by atoms with Crippen LogP contribution in [0.2, 0.25) is 0 Å². The van der Waals surface area contributed by atoms with Gasteiger partial charge in [-0.25, -0.2) is 0 Å². The van der Waals surface area contributed by atoms with E-state index in [1.807, 2.05) is 33.8 Å². The van der Waals surface area contributed by atoms with E-state index in [0.717, 1.165) is 6.29 Å². The van der Waals surface area contributed by atoms with Crippen LogP contribution in [0.15, 0.2) is 23.8 Å². The second-order valence-corrected chi connectivity index (χ2v) is 21.1. The molecule has 0 aromatic carbocycles. The van der Waals surface area contributed by atoms with Crippen LogP contribution in [-0.4, -0.2) is 176 Å². The van der Waals surface area contributed by atoms with Gasteiger partial charge in [0, 0.05) is 57.5 Å². The van der Waals surface area contributed by atoms with Gasteiger partial charge in [0.2, 0.25) is 0 Å². The first-order valence-electron chi connectivity index (χ1n) is 25.4. The van der Waals surface area contributed by atoms with E-state index in [1.54, 1.807) is 66.6 Å². The van der Waals surface area contributed by atoms with E-state index in [9.17, 15) is 39.3 Å². The molecule has 0 bridgehead atoms. The summed E-state index contributed by atoms with van der Waals surface area (Å²) in [4.78, 5) is 67.7. The summed E-state index contributed by atoms with van der Waals surface area (Å²) in [6.07, 6.45) is -6.60. The van der Waals surface area contributed by atoms with Crippen molar-refractivity contribution < 1.29 is 86.7 Å². The molecular formula is C52H85NO18. The predicted molar refractivity (Wildman–Crippen MR) is 257 cm³/mol. The Hall–Kier alpha value is -3.21. The first kappa shape index (κ1) is 60.3. The third-order valence-corrected chi connectivity index (χ3v) is 14.2. The molecule has 4 heterocycles. The zero-order valence-corrected chi connectivity index (χ0v) is 44.4. The van der Waals surface area contributed by atoms with Crippen LogP contribution in [0.5, 0.6) is 0 Å². The SMILES string of the molecule is CCC1OC(=O)CC(OC(C)=O)C(C)C(OC2OC(C)C(OC3CC(C)(O)C(OC(=O)CC(C)C)C(C)O3)C(N(C)C)C2O)C(CC=O)CC(C)C(=O)C=CC(C)=CC1COC1CC(OC)C(O)C(C)O1. The second-order valence-electron chi connectivity index (χ2n) is 21.1. The normalized spacial score (nSPS) is 40.2. The molecule has 406 valence electrons.